The van der Waals surface area contributed by atoms with E-state index >= 15 is 0 Å². The molecule has 4 aliphatic carbocycles. The maximum atomic E-state index is 13.4. The minimum absolute atomic E-state index is 0.112. The molecule has 6 aliphatic rings. The van der Waals surface area contributed by atoms with Crippen molar-refractivity contribution in [3.8, 4) is 0 Å². The molecule has 2 heterocycles. The van der Waals surface area contributed by atoms with Crippen molar-refractivity contribution in [1.82, 2.24) is 4.90 Å². The molecular formula is C21H20N2O4. The zero-order valence-corrected chi connectivity index (χ0v) is 15.0. The zero-order chi connectivity index (χ0) is 18.6. The summed E-state index contributed by atoms with van der Waals surface area (Å²) in [6.07, 6.45) is 6.64. The van der Waals surface area contributed by atoms with Gasteiger partial charge in [0.05, 0.1) is 35.7 Å². The van der Waals surface area contributed by atoms with Gasteiger partial charge in [-0.3, -0.25) is 19.4 Å². The highest BCUT2D eigenvalue weighted by molar-refractivity contribution is 6.23. The molecule has 2 saturated heterocycles. The lowest BCUT2D eigenvalue weighted by molar-refractivity contribution is -0.125. The van der Waals surface area contributed by atoms with Crippen LogP contribution in [0.5, 0.6) is 0 Å². The fourth-order valence-corrected chi connectivity index (χ4v) is 7.10. The Hall–Kier alpha value is -2.63. The molecule has 1 aromatic carbocycles. The molecule has 6 atom stereocenters. The van der Waals surface area contributed by atoms with Gasteiger partial charge < -0.3 is 4.74 Å². The van der Waals surface area contributed by atoms with E-state index in [4.69, 9.17) is 4.74 Å². The van der Waals surface area contributed by atoms with Crippen LogP contribution in [0.1, 0.15) is 19.3 Å². The van der Waals surface area contributed by atoms with Gasteiger partial charge in [0.15, 0.2) is 0 Å². The fraction of sp³-hybridized carbons (Fsp3) is 0.476. The zero-order valence-electron chi connectivity index (χ0n) is 15.0. The lowest BCUT2D eigenvalue weighted by Crippen LogP contribution is -2.53. The summed E-state index contributed by atoms with van der Waals surface area (Å²) >= 11 is 0. The number of carbonyl (C=O) groups is 3. The first kappa shape index (κ1) is 15.4. The molecule has 27 heavy (non-hydrogen) atoms. The highest BCUT2D eigenvalue weighted by Crippen LogP contribution is 2.78. The average molecular weight is 364 g/mol. The molecule has 6 nitrogen and oxygen atoms in total. The summed E-state index contributed by atoms with van der Waals surface area (Å²) in [5.41, 5.74) is -0.0490. The van der Waals surface area contributed by atoms with E-state index in [0.29, 0.717) is 5.69 Å². The third-order valence-corrected chi connectivity index (χ3v) is 7.79. The minimum Gasteiger partial charge on any atom is -0.453 e. The molecule has 2 aliphatic heterocycles. The molecule has 6 heteroatoms. The molecule has 0 unspecified atom stereocenters. The van der Waals surface area contributed by atoms with E-state index in [9.17, 15) is 14.4 Å². The first-order chi connectivity index (χ1) is 13.1. The standard InChI is InChI=1S/C21H20N2O4/c1-27-19(26)23-20-10-5-11-21(20,23)14-9-8-13(20)15-16(14)18(25)22(17(15)24)12-6-3-2-4-7-12/h2-4,6-9,13-16H,5,10-11H2,1H3/t13-,14-,15-,16-,20+,21+/m1/s1. The predicted octanol–water partition coefficient (Wildman–Crippen LogP) is 2.35. The Morgan fingerprint density at radius 1 is 1.00 bits per heavy atom. The molecule has 4 fully saturated rings. The number of carbonyl (C=O) groups excluding carboxylic acids is 3. The van der Waals surface area contributed by atoms with Crippen LogP contribution in [-0.4, -0.2) is 41.0 Å². The van der Waals surface area contributed by atoms with E-state index in [-0.39, 0.29) is 52.7 Å². The summed E-state index contributed by atoms with van der Waals surface area (Å²) < 4.78 is 5.06. The van der Waals surface area contributed by atoms with Crippen molar-refractivity contribution in [2.45, 2.75) is 30.3 Å². The highest BCUT2D eigenvalue weighted by atomic mass is 16.5. The van der Waals surface area contributed by atoms with E-state index in [1.807, 2.05) is 23.1 Å². The highest BCUT2D eigenvalue weighted by Gasteiger charge is 2.90. The smallest absolute Gasteiger partial charge is 0.410 e. The Morgan fingerprint density at radius 3 is 2.07 bits per heavy atom. The summed E-state index contributed by atoms with van der Waals surface area (Å²) in [6.45, 7) is 0. The van der Waals surface area contributed by atoms with Gasteiger partial charge in [0, 0.05) is 11.8 Å². The van der Waals surface area contributed by atoms with Gasteiger partial charge in [-0.1, -0.05) is 30.4 Å². The second-order valence-electron chi connectivity index (χ2n) is 8.34. The number of para-hydroxylation sites is 1. The fourth-order valence-electron chi connectivity index (χ4n) is 7.10. The molecule has 2 bridgehead atoms. The summed E-state index contributed by atoms with van der Waals surface area (Å²) in [7, 11) is 1.40. The third kappa shape index (κ3) is 1.40. The van der Waals surface area contributed by atoms with Crippen LogP contribution in [0.15, 0.2) is 42.5 Å². The van der Waals surface area contributed by atoms with Crippen molar-refractivity contribution in [3.05, 3.63) is 42.5 Å². The van der Waals surface area contributed by atoms with Crippen LogP contribution in [-0.2, 0) is 14.3 Å². The van der Waals surface area contributed by atoms with Crippen molar-refractivity contribution in [3.63, 3.8) is 0 Å². The van der Waals surface area contributed by atoms with Gasteiger partial charge in [0.2, 0.25) is 11.8 Å². The SMILES string of the molecule is COC(=O)N1[C@]23CCC[C@@]12[C@@H]1C=C[C@@H]3[C@H]2C(=O)N(c3ccccc3)C(=O)[C@@H]21. The van der Waals surface area contributed by atoms with Gasteiger partial charge in [0.25, 0.3) is 0 Å². The molecular weight excluding hydrogens is 344 g/mol. The molecule has 0 radical (unpaired) electrons. The Morgan fingerprint density at radius 2 is 1.56 bits per heavy atom. The summed E-state index contributed by atoms with van der Waals surface area (Å²) in [5, 5.41) is 0. The van der Waals surface area contributed by atoms with Crippen molar-refractivity contribution in [2.24, 2.45) is 23.7 Å². The molecule has 138 valence electrons. The number of rotatable bonds is 1. The normalized spacial score (nSPS) is 42.9. The van der Waals surface area contributed by atoms with Gasteiger partial charge in [-0.15, -0.1) is 0 Å². The summed E-state index contributed by atoms with van der Waals surface area (Å²) in [5.74, 6) is -1.23. The largest absolute Gasteiger partial charge is 0.453 e. The quantitative estimate of drug-likeness (QED) is 0.436. The number of amides is 3. The number of benzene rings is 1. The summed E-state index contributed by atoms with van der Waals surface area (Å²) in [4.78, 5) is 42.5. The van der Waals surface area contributed by atoms with Crippen molar-refractivity contribution < 1.29 is 19.1 Å². The Labute approximate surface area is 156 Å². The molecule has 0 spiro atoms. The predicted molar refractivity (Wildman–Crippen MR) is 95.6 cm³/mol. The molecule has 0 N–H and O–H groups in total. The number of hydrogen-bond acceptors (Lipinski definition) is 4. The maximum Gasteiger partial charge on any atom is 0.410 e. The van der Waals surface area contributed by atoms with E-state index in [1.54, 1.807) is 12.1 Å². The second kappa shape index (κ2) is 4.61. The lowest BCUT2D eigenvalue weighted by Gasteiger charge is -2.43. The summed E-state index contributed by atoms with van der Waals surface area (Å²) in [6, 6.07) is 9.17. The van der Waals surface area contributed by atoms with Gasteiger partial charge >= 0.3 is 6.09 Å². The number of likely N-dealkylation sites (tertiary alicyclic amines) is 1. The number of nitrogens with zero attached hydrogens (tertiary/aromatic N) is 2. The molecule has 1 aromatic rings. The number of hydrogen-bond donors (Lipinski definition) is 0. The third-order valence-electron chi connectivity index (χ3n) is 7.79. The van der Waals surface area contributed by atoms with Gasteiger partial charge in [-0.05, 0) is 31.4 Å². The van der Waals surface area contributed by atoms with Crippen molar-refractivity contribution >= 4 is 23.6 Å². The van der Waals surface area contributed by atoms with Crippen LogP contribution in [0.3, 0.4) is 0 Å². The van der Waals surface area contributed by atoms with Gasteiger partial charge in [-0.25, -0.2) is 4.79 Å². The van der Waals surface area contributed by atoms with Crippen molar-refractivity contribution in [1.29, 1.82) is 0 Å². The molecule has 2 saturated carbocycles. The maximum absolute atomic E-state index is 13.4. The Bertz CT molecular complexity index is 881. The second-order valence-corrected chi connectivity index (χ2v) is 8.34. The van der Waals surface area contributed by atoms with E-state index in [1.165, 1.54) is 12.0 Å². The average Bonchev–Trinajstić information content (AvgIpc) is 2.96. The number of imide groups is 1. The van der Waals surface area contributed by atoms with Crippen LogP contribution < -0.4 is 4.90 Å². The van der Waals surface area contributed by atoms with E-state index in [0.717, 1.165) is 19.3 Å². The Kier molecular flexibility index (Phi) is 2.63. The monoisotopic (exact) mass is 364 g/mol. The van der Waals surface area contributed by atoms with E-state index < -0.39 is 0 Å². The molecule has 7 rings (SSSR count). The first-order valence-electron chi connectivity index (χ1n) is 9.59. The van der Waals surface area contributed by atoms with Gasteiger partial charge in [0.1, 0.15) is 0 Å². The van der Waals surface area contributed by atoms with Crippen LogP contribution >= 0.6 is 0 Å². The number of anilines is 1. The minimum atomic E-state index is -0.381. The molecule has 3 amide bonds. The van der Waals surface area contributed by atoms with Crippen LogP contribution in [0.25, 0.3) is 0 Å². The van der Waals surface area contributed by atoms with Gasteiger partial charge in [-0.2, -0.15) is 0 Å². The van der Waals surface area contributed by atoms with Crippen LogP contribution in [0.4, 0.5) is 10.5 Å². The number of piperidine rings is 1. The van der Waals surface area contributed by atoms with Crippen LogP contribution in [0, 0.1) is 23.7 Å². The lowest BCUT2D eigenvalue weighted by atomic mass is 9.55. The van der Waals surface area contributed by atoms with Crippen molar-refractivity contribution in [2.75, 3.05) is 12.0 Å². The number of methoxy groups -OCH3 is 1. The van der Waals surface area contributed by atoms with Crippen LogP contribution in [0.2, 0.25) is 0 Å². The topological polar surface area (TPSA) is 66.7 Å². The Balaban J connectivity index is 1.48. The first-order valence-corrected chi connectivity index (χ1v) is 9.59. The number of ether oxygens (including phenoxy) is 1. The molecule has 0 aromatic heterocycles. The van der Waals surface area contributed by atoms with E-state index in [2.05, 4.69) is 12.2 Å².